The molecule has 0 saturated carbocycles. The van der Waals surface area contributed by atoms with Gasteiger partial charge in [0, 0.05) is 11.9 Å². The largest absolute Gasteiger partial charge is 0.479 e. The molecule has 1 aliphatic heterocycles. The molecule has 0 spiro atoms. The van der Waals surface area contributed by atoms with Gasteiger partial charge < -0.3 is 14.7 Å². The van der Waals surface area contributed by atoms with Crippen molar-refractivity contribution in [1.29, 1.82) is 0 Å². The maximum absolute atomic E-state index is 10.8. The number of para-hydroxylation sites is 1. The van der Waals surface area contributed by atoms with Gasteiger partial charge in [0.15, 0.2) is 12.0 Å². The first-order valence-corrected chi connectivity index (χ1v) is 4.39. The van der Waals surface area contributed by atoms with E-state index in [2.05, 4.69) is 0 Å². The summed E-state index contributed by atoms with van der Waals surface area (Å²) in [6, 6.07) is 9.22. The SMILES string of the molecule is O=CC1=C(O)OC=CN1c1ccccc1. The molecular weight excluding hydrogens is 194 g/mol. The highest BCUT2D eigenvalue weighted by Crippen LogP contribution is 2.22. The predicted molar refractivity (Wildman–Crippen MR) is 54.9 cm³/mol. The minimum atomic E-state index is -0.392. The fourth-order valence-corrected chi connectivity index (χ4v) is 1.32. The second kappa shape index (κ2) is 3.88. The lowest BCUT2D eigenvalue weighted by atomic mass is 10.2. The van der Waals surface area contributed by atoms with Crippen LogP contribution in [0.15, 0.2) is 54.4 Å². The van der Waals surface area contributed by atoms with Gasteiger partial charge in [-0.25, -0.2) is 0 Å². The Hall–Kier alpha value is -2.23. The average molecular weight is 203 g/mol. The molecule has 0 unspecified atom stereocenters. The summed E-state index contributed by atoms with van der Waals surface area (Å²) in [4.78, 5) is 12.3. The van der Waals surface area contributed by atoms with Gasteiger partial charge >= 0.3 is 5.95 Å². The lowest BCUT2D eigenvalue weighted by molar-refractivity contribution is -0.105. The summed E-state index contributed by atoms with van der Waals surface area (Å²) in [5.74, 6) is -0.392. The van der Waals surface area contributed by atoms with Crippen LogP contribution >= 0.6 is 0 Å². The van der Waals surface area contributed by atoms with Crippen molar-refractivity contribution in [1.82, 2.24) is 0 Å². The van der Waals surface area contributed by atoms with Gasteiger partial charge in [0.1, 0.15) is 6.26 Å². The van der Waals surface area contributed by atoms with Crippen LogP contribution in [0, 0.1) is 0 Å². The maximum atomic E-state index is 10.8. The molecule has 0 aliphatic carbocycles. The fraction of sp³-hybridized carbons (Fsp3) is 0. The Morgan fingerprint density at radius 1 is 1.27 bits per heavy atom. The zero-order valence-electron chi connectivity index (χ0n) is 7.83. The highest BCUT2D eigenvalue weighted by atomic mass is 16.6. The second-order valence-corrected chi connectivity index (χ2v) is 2.92. The molecule has 0 aromatic heterocycles. The van der Waals surface area contributed by atoms with Gasteiger partial charge in [-0.3, -0.25) is 4.79 Å². The van der Waals surface area contributed by atoms with E-state index in [0.29, 0.717) is 6.29 Å². The molecule has 1 N–H and O–H groups in total. The van der Waals surface area contributed by atoms with Gasteiger partial charge in [0.25, 0.3) is 0 Å². The van der Waals surface area contributed by atoms with Crippen LogP contribution in [0.25, 0.3) is 0 Å². The number of ether oxygens (including phenoxy) is 1. The monoisotopic (exact) mass is 203 g/mol. The Labute approximate surface area is 86.7 Å². The molecule has 0 fully saturated rings. The fourth-order valence-electron chi connectivity index (χ4n) is 1.32. The summed E-state index contributed by atoms with van der Waals surface area (Å²) in [5.41, 5.74) is 0.870. The Balaban J connectivity index is 2.41. The third-order valence-corrected chi connectivity index (χ3v) is 2.01. The van der Waals surface area contributed by atoms with E-state index in [4.69, 9.17) is 4.74 Å². The number of allylic oxidation sites excluding steroid dienone is 1. The Kier molecular flexibility index (Phi) is 2.41. The van der Waals surface area contributed by atoms with Crippen molar-refractivity contribution < 1.29 is 14.6 Å². The molecule has 0 amide bonds. The topological polar surface area (TPSA) is 49.8 Å². The molecular formula is C11H9NO3. The first-order valence-electron chi connectivity index (χ1n) is 4.39. The van der Waals surface area contributed by atoms with E-state index >= 15 is 0 Å². The van der Waals surface area contributed by atoms with Gasteiger partial charge in [-0.1, -0.05) is 18.2 Å². The molecule has 1 aromatic rings. The van der Waals surface area contributed by atoms with Gasteiger partial charge in [0.2, 0.25) is 0 Å². The van der Waals surface area contributed by atoms with Crippen molar-refractivity contribution in [2.45, 2.75) is 0 Å². The summed E-state index contributed by atoms with van der Waals surface area (Å²) >= 11 is 0. The van der Waals surface area contributed by atoms with Gasteiger partial charge in [-0.2, -0.15) is 0 Å². The van der Waals surface area contributed by atoms with Crippen LogP contribution in [-0.2, 0) is 9.53 Å². The van der Waals surface area contributed by atoms with Gasteiger partial charge in [0.05, 0.1) is 0 Å². The quantitative estimate of drug-likeness (QED) is 0.746. The third kappa shape index (κ3) is 1.69. The molecule has 0 bridgehead atoms. The number of hydrogen-bond donors (Lipinski definition) is 1. The molecule has 1 heterocycles. The highest BCUT2D eigenvalue weighted by Gasteiger charge is 2.18. The lowest BCUT2D eigenvalue weighted by Gasteiger charge is -2.23. The zero-order chi connectivity index (χ0) is 10.7. The van der Waals surface area contributed by atoms with Crippen molar-refractivity contribution in [3.8, 4) is 0 Å². The summed E-state index contributed by atoms with van der Waals surface area (Å²) in [5, 5.41) is 9.33. The summed E-state index contributed by atoms with van der Waals surface area (Å²) in [6.45, 7) is 0. The van der Waals surface area contributed by atoms with E-state index in [1.165, 1.54) is 6.26 Å². The molecule has 0 saturated heterocycles. The predicted octanol–water partition coefficient (Wildman–Crippen LogP) is 1.92. The van der Waals surface area contributed by atoms with E-state index in [1.807, 2.05) is 30.3 Å². The van der Waals surface area contributed by atoms with E-state index in [-0.39, 0.29) is 5.70 Å². The molecule has 15 heavy (non-hydrogen) atoms. The normalized spacial score (nSPS) is 15.1. The molecule has 0 radical (unpaired) electrons. The average Bonchev–Trinajstić information content (AvgIpc) is 2.30. The van der Waals surface area contributed by atoms with Crippen LogP contribution in [0.5, 0.6) is 0 Å². The van der Waals surface area contributed by atoms with Crippen LogP contribution in [0.2, 0.25) is 0 Å². The minimum absolute atomic E-state index is 0.0868. The first kappa shape index (κ1) is 9.33. The minimum Gasteiger partial charge on any atom is -0.479 e. The number of anilines is 1. The number of hydrogen-bond acceptors (Lipinski definition) is 4. The van der Waals surface area contributed by atoms with Crippen molar-refractivity contribution >= 4 is 12.0 Å². The van der Waals surface area contributed by atoms with Crippen LogP contribution < -0.4 is 4.90 Å². The number of aldehydes is 1. The lowest BCUT2D eigenvalue weighted by Crippen LogP contribution is -2.21. The van der Waals surface area contributed by atoms with Crippen LogP contribution in [0.4, 0.5) is 5.69 Å². The molecule has 1 aliphatic rings. The number of nitrogens with zero attached hydrogens (tertiary/aromatic N) is 1. The molecule has 4 heteroatoms. The van der Waals surface area contributed by atoms with Crippen LogP contribution in [-0.4, -0.2) is 11.4 Å². The van der Waals surface area contributed by atoms with Crippen molar-refractivity contribution in [3.05, 3.63) is 54.4 Å². The summed E-state index contributed by atoms with van der Waals surface area (Å²) < 4.78 is 4.71. The second-order valence-electron chi connectivity index (χ2n) is 2.92. The van der Waals surface area contributed by atoms with E-state index < -0.39 is 5.95 Å². The number of carbonyl (C=O) groups is 1. The smallest absolute Gasteiger partial charge is 0.310 e. The van der Waals surface area contributed by atoms with E-state index in [9.17, 15) is 9.90 Å². The zero-order valence-corrected chi connectivity index (χ0v) is 7.83. The third-order valence-electron chi connectivity index (χ3n) is 2.01. The van der Waals surface area contributed by atoms with Crippen LogP contribution in [0.1, 0.15) is 0 Å². The highest BCUT2D eigenvalue weighted by molar-refractivity contribution is 5.82. The van der Waals surface area contributed by atoms with Gasteiger partial charge in [-0.15, -0.1) is 0 Å². The van der Waals surface area contributed by atoms with Crippen molar-refractivity contribution in [2.24, 2.45) is 0 Å². The van der Waals surface area contributed by atoms with Gasteiger partial charge in [-0.05, 0) is 12.1 Å². The van der Waals surface area contributed by atoms with Crippen molar-refractivity contribution in [2.75, 3.05) is 4.90 Å². The molecule has 76 valence electrons. The van der Waals surface area contributed by atoms with Crippen molar-refractivity contribution in [3.63, 3.8) is 0 Å². The Morgan fingerprint density at radius 2 is 2.00 bits per heavy atom. The Morgan fingerprint density at radius 3 is 2.67 bits per heavy atom. The van der Waals surface area contributed by atoms with E-state index in [0.717, 1.165) is 5.69 Å². The number of aliphatic hydroxyl groups excluding tert-OH is 1. The van der Waals surface area contributed by atoms with Crippen LogP contribution in [0.3, 0.4) is 0 Å². The number of aliphatic hydroxyl groups is 1. The standard InChI is InChI=1S/C11H9NO3/c13-8-10-11(14)15-7-6-12(10)9-4-2-1-3-5-9/h1-8,14H. The number of rotatable bonds is 2. The molecule has 2 rings (SSSR count). The first-order chi connectivity index (χ1) is 7.33. The Bertz CT molecular complexity index is 423. The number of benzene rings is 1. The summed E-state index contributed by atoms with van der Waals surface area (Å²) in [7, 11) is 0. The summed E-state index contributed by atoms with van der Waals surface area (Å²) in [6.07, 6.45) is 3.43. The molecule has 4 nitrogen and oxygen atoms in total. The molecule has 0 atom stereocenters. The number of carbonyl (C=O) groups excluding carboxylic acids is 1. The molecule has 1 aromatic carbocycles. The maximum Gasteiger partial charge on any atom is 0.310 e. The van der Waals surface area contributed by atoms with E-state index in [1.54, 1.807) is 11.1 Å².